The van der Waals surface area contributed by atoms with E-state index in [0.29, 0.717) is 17.3 Å². The Hall–Kier alpha value is -2.60. The fraction of sp³-hybridized carbons (Fsp3) is 0.278. The summed E-state index contributed by atoms with van der Waals surface area (Å²) in [4.78, 5) is 23.0. The van der Waals surface area contributed by atoms with Crippen LogP contribution in [0.15, 0.2) is 42.5 Å². The Bertz CT molecular complexity index is 780. The van der Waals surface area contributed by atoms with Crippen molar-refractivity contribution in [2.45, 2.75) is 32.9 Å². The highest BCUT2D eigenvalue weighted by Crippen LogP contribution is 2.27. The molecule has 1 atom stereocenters. The zero-order valence-corrected chi connectivity index (χ0v) is 14.8. The lowest BCUT2D eigenvalue weighted by Gasteiger charge is -2.12. The Morgan fingerprint density at radius 2 is 2.00 bits per heavy atom. The summed E-state index contributed by atoms with van der Waals surface area (Å²) in [5.41, 5.74) is 1.28. The monoisotopic (exact) mass is 361 g/mol. The van der Waals surface area contributed by atoms with Crippen molar-refractivity contribution < 1.29 is 9.72 Å². The summed E-state index contributed by atoms with van der Waals surface area (Å²) in [7, 11) is 0. The second kappa shape index (κ2) is 8.48. The summed E-state index contributed by atoms with van der Waals surface area (Å²) < 4.78 is 0. The molecule has 2 rings (SSSR count). The van der Waals surface area contributed by atoms with Crippen molar-refractivity contribution in [3.05, 3.63) is 68.7 Å². The normalized spacial score (nSPS) is 11.6. The van der Waals surface area contributed by atoms with Crippen molar-refractivity contribution in [1.82, 2.24) is 5.32 Å². The van der Waals surface area contributed by atoms with Gasteiger partial charge in [0.15, 0.2) is 0 Å². The average Bonchev–Trinajstić information content (AvgIpc) is 2.60. The van der Waals surface area contributed by atoms with Gasteiger partial charge in [0.25, 0.3) is 11.6 Å². The van der Waals surface area contributed by atoms with E-state index < -0.39 is 4.92 Å². The quantitative estimate of drug-likeness (QED) is 0.565. The van der Waals surface area contributed by atoms with Crippen LogP contribution < -0.4 is 10.6 Å². The van der Waals surface area contributed by atoms with Gasteiger partial charge in [0.05, 0.1) is 4.92 Å². The number of halogens is 1. The van der Waals surface area contributed by atoms with Gasteiger partial charge in [-0.2, -0.15) is 0 Å². The molecule has 0 bridgehead atoms. The predicted octanol–water partition coefficient (Wildman–Crippen LogP) is 4.39. The molecule has 2 aromatic rings. The van der Waals surface area contributed by atoms with E-state index in [0.717, 1.165) is 12.0 Å². The topological polar surface area (TPSA) is 84.3 Å². The van der Waals surface area contributed by atoms with Crippen LogP contribution in [0.25, 0.3) is 0 Å². The van der Waals surface area contributed by atoms with Crippen LogP contribution in [0.5, 0.6) is 0 Å². The molecule has 0 saturated carbocycles. The number of nitro groups is 1. The van der Waals surface area contributed by atoms with Gasteiger partial charge >= 0.3 is 0 Å². The van der Waals surface area contributed by atoms with Crippen molar-refractivity contribution in [1.29, 1.82) is 0 Å². The molecule has 0 aliphatic rings. The largest absolute Gasteiger partial charge is 0.375 e. The number of benzene rings is 2. The van der Waals surface area contributed by atoms with Crippen LogP contribution >= 0.6 is 11.6 Å². The number of carbonyl (C=O) groups is 1. The van der Waals surface area contributed by atoms with Crippen molar-refractivity contribution in [2.75, 3.05) is 5.32 Å². The fourth-order valence-electron chi connectivity index (χ4n) is 2.21. The maximum atomic E-state index is 12.2. The standard InChI is InChI=1S/C18H20ClN3O3/c1-3-12(2)21-18(23)13-8-9-16(17(10-13)22(24)25)20-11-14-6-4-5-7-15(14)19/h4-10,12,20H,3,11H2,1-2H3,(H,21,23). The van der Waals surface area contributed by atoms with Crippen molar-refractivity contribution >= 4 is 28.9 Å². The third-order valence-corrected chi connectivity index (χ3v) is 4.24. The smallest absolute Gasteiger partial charge is 0.293 e. The Morgan fingerprint density at radius 3 is 2.64 bits per heavy atom. The summed E-state index contributed by atoms with van der Waals surface area (Å²) in [6, 6.07) is 11.7. The SMILES string of the molecule is CCC(C)NC(=O)c1ccc(NCc2ccccc2Cl)c([N+](=O)[O-])c1. The number of nitrogens with one attached hydrogen (secondary N) is 2. The summed E-state index contributed by atoms with van der Waals surface area (Å²) in [5, 5.41) is 17.8. The molecule has 2 aromatic carbocycles. The zero-order chi connectivity index (χ0) is 18.4. The fourth-order valence-corrected chi connectivity index (χ4v) is 2.42. The number of nitrogens with zero attached hydrogens (tertiary/aromatic N) is 1. The first kappa shape index (κ1) is 18.7. The van der Waals surface area contributed by atoms with E-state index in [1.807, 2.05) is 32.0 Å². The van der Waals surface area contributed by atoms with Crippen LogP contribution in [0.3, 0.4) is 0 Å². The van der Waals surface area contributed by atoms with Gasteiger partial charge in [-0.3, -0.25) is 14.9 Å². The molecule has 0 aromatic heterocycles. The molecular formula is C18H20ClN3O3. The van der Waals surface area contributed by atoms with E-state index in [1.54, 1.807) is 18.2 Å². The molecular weight excluding hydrogens is 342 g/mol. The maximum absolute atomic E-state index is 12.2. The van der Waals surface area contributed by atoms with E-state index in [2.05, 4.69) is 10.6 Å². The van der Waals surface area contributed by atoms with Crippen molar-refractivity contribution in [2.24, 2.45) is 0 Å². The Labute approximate surface area is 151 Å². The molecule has 0 aliphatic heterocycles. The van der Waals surface area contributed by atoms with Gasteiger partial charge < -0.3 is 10.6 Å². The van der Waals surface area contributed by atoms with Gasteiger partial charge in [-0.05, 0) is 37.1 Å². The van der Waals surface area contributed by atoms with Crippen LogP contribution in [0.2, 0.25) is 5.02 Å². The third-order valence-electron chi connectivity index (χ3n) is 3.87. The lowest BCUT2D eigenvalue weighted by molar-refractivity contribution is -0.384. The van der Waals surface area contributed by atoms with E-state index in [4.69, 9.17) is 11.6 Å². The minimum atomic E-state index is -0.505. The van der Waals surface area contributed by atoms with Crippen molar-refractivity contribution in [3.63, 3.8) is 0 Å². The molecule has 1 amide bonds. The predicted molar refractivity (Wildman–Crippen MR) is 99.1 cm³/mol. The Balaban J connectivity index is 2.20. The molecule has 0 spiro atoms. The molecule has 0 radical (unpaired) electrons. The molecule has 1 unspecified atom stereocenters. The second-order valence-electron chi connectivity index (χ2n) is 5.72. The van der Waals surface area contributed by atoms with Crippen LogP contribution in [-0.2, 0) is 6.54 Å². The van der Waals surface area contributed by atoms with Gasteiger partial charge in [-0.15, -0.1) is 0 Å². The van der Waals surface area contributed by atoms with E-state index in [-0.39, 0.29) is 23.2 Å². The van der Waals surface area contributed by atoms with Gasteiger partial charge in [0.1, 0.15) is 5.69 Å². The van der Waals surface area contributed by atoms with Gasteiger partial charge in [-0.25, -0.2) is 0 Å². The molecule has 2 N–H and O–H groups in total. The molecule has 0 saturated heterocycles. The molecule has 25 heavy (non-hydrogen) atoms. The summed E-state index contributed by atoms with van der Waals surface area (Å²) in [5.74, 6) is -0.324. The third kappa shape index (κ3) is 4.93. The van der Waals surface area contributed by atoms with Gasteiger partial charge in [-0.1, -0.05) is 36.7 Å². The number of carbonyl (C=O) groups excluding carboxylic acids is 1. The van der Waals surface area contributed by atoms with E-state index in [9.17, 15) is 14.9 Å². The number of rotatable bonds is 7. The van der Waals surface area contributed by atoms with Gasteiger partial charge in [0, 0.05) is 29.2 Å². The Kier molecular flexibility index (Phi) is 6.36. The molecule has 0 aliphatic carbocycles. The first-order chi connectivity index (χ1) is 11.9. The van der Waals surface area contributed by atoms with Crippen LogP contribution in [0, 0.1) is 10.1 Å². The van der Waals surface area contributed by atoms with E-state index >= 15 is 0 Å². The lowest BCUT2D eigenvalue weighted by atomic mass is 10.1. The molecule has 6 nitrogen and oxygen atoms in total. The van der Waals surface area contributed by atoms with Crippen molar-refractivity contribution in [3.8, 4) is 0 Å². The van der Waals surface area contributed by atoms with Crippen LogP contribution in [0.1, 0.15) is 36.2 Å². The van der Waals surface area contributed by atoms with E-state index in [1.165, 1.54) is 6.07 Å². The number of hydrogen-bond donors (Lipinski definition) is 2. The highest BCUT2D eigenvalue weighted by Gasteiger charge is 2.18. The second-order valence-corrected chi connectivity index (χ2v) is 6.12. The average molecular weight is 362 g/mol. The summed E-state index contributed by atoms with van der Waals surface area (Å²) >= 11 is 6.09. The molecule has 0 fully saturated rings. The molecule has 0 heterocycles. The number of hydrogen-bond acceptors (Lipinski definition) is 4. The molecule has 132 valence electrons. The zero-order valence-electron chi connectivity index (χ0n) is 14.1. The molecule has 7 heteroatoms. The summed E-state index contributed by atoms with van der Waals surface area (Å²) in [6.45, 7) is 4.18. The number of nitro benzene ring substituents is 1. The Morgan fingerprint density at radius 1 is 1.28 bits per heavy atom. The van der Waals surface area contributed by atoms with Crippen LogP contribution in [-0.4, -0.2) is 16.9 Å². The van der Waals surface area contributed by atoms with Crippen LogP contribution in [0.4, 0.5) is 11.4 Å². The number of anilines is 1. The lowest BCUT2D eigenvalue weighted by Crippen LogP contribution is -2.31. The minimum Gasteiger partial charge on any atom is -0.375 e. The number of amides is 1. The first-order valence-corrected chi connectivity index (χ1v) is 8.36. The highest BCUT2D eigenvalue weighted by molar-refractivity contribution is 6.31. The minimum absolute atomic E-state index is 0.00424. The highest BCUT2D eigenvalue weighted by atomic mass is 35.5. The first-order valence-electron chi connectivity index (χ1n) is 7.99. The maximum Gasteiger partial charge on any atom is 0.293 e. The van der Waals surface area contributed by atoms with Gasteiger partial charge in [0.2, 0.25) is 0 Å². The summed E-state index contributed by atoms with van der Waals surface area (Å²) in [6.07, 6.45) is 0.783.